The van der Waals surface area contributed by atoms with Gasteiger partial charge in [0.25, 0.3) is 0 Å². The van der Waals surface area contributed by atoms with Crippen molar-refractivity contribution in [1.29, 1.82) is 0 Å². The predicted molar refractivity (Wildman–Crippen MR) is 149 cm³/mol. The zero-order valence-corrected chi connectivity index (χ0v) is 21.5. The number of alkyl carbamates (subject to hydrolysis) is 1. The monoisotopic (exact) mass is 508 g/mol. The van der Waals surface area contributed by atoms with E-state index in [-0.39, 0.29) is 25.6 Å². The van der Waals surface area contributed by atoms with Crippen molar-refractivity contribution in [3.8, 4) is 11.1 Å². The molecule has 6 heteroatoms. The molecule has 0 saturated heterocycles. The lowest BCUT2D eigenvalue weighted by Gasteiger charge is -2.19. The first-order valence-corrected chi connectivity index (χ1v) is 13.1. The average Bonchev–Trinajstić information content (AvgIpc) is 3.50. The number of carbonyl (C=O) groups excluding carboxylic acids is 2. The third-order valence-electron chi connectivity index (χ3n) is 6.95. The smallest absolute Gasteiger partial charge is 0.407 e. The van der Waals surface area contributed by atoms with Crippen LogP contribution in [0.5, 0.6) is 0 Å². The van der Waals surface area contributed by atoms with Crippen LogP contribution in [0.3, 0.4) is 0 Å². The number of rotatable bonds is 10. The van der Waals surface area contributed by atoms with Crippen molar-refractivity contribution >= 4 is 23.0 Å². The van der Waals surface area contributed by atoms with Crippen molar-refractivity contribution in [3.63, 3.8) is 0 Å². The molecule has 1 amide bonds. The van der Waals surface area contributed by atoms with Gasteiger partial charge >= 0.3 is 12.1 Å². The molecule has 2 N–H and O–H groups in total. The van der Waals surface area contributed by atoms with E-state index in [1.807, 2.05) is 66.9 Å². The normalized spacial score (nSPS) is 13.3. The van der Waals surface area contributed by atoms with Gasteiger partial charge in [0.1, 0.15) is 12.6 Å². The van der Waals surface area contributed by atoms with Crippen molar-refractivity contribution < 1.29 is 19.1 Å². The number of benzene rings is 3. The van der Waals surface area contributed by atoms with E-state index in [9.17, 15) is 9.59 Å². The van der Waals surface area contributed by atoms with Crippen LogP contribution in [-0.2, 0) is 20.7 Å². The molecule has 1 aliphatic rings. The molecule has 194 valence electrons. The van der Waals surface area contributed by atoms with Crippen LogP contribution in [0.4, 0.5) is 4.79 Å². The summed E-state index contributed by atoms with van der Waals surface area (Å²) < 4.78 is 11.2. The van der Waals surface area contributed by atoms with Crippen LogP contribution in [-0.4, -0.2) is 36.3 Å². The molecule has 1 aliphatic carbocycles. The third-order valence-corrected chi connectivity index (χ3v) is 6.95. The van der Waals surface area contributed by atoms with Crippen molar-refractivity contribution in [1.82, 2.24) is 10.3 Å². The van der Waals surface area contributed by atoms with E-state index in [2.05, 4.69) is 41.5 Å². The van der Waals surface area contributed by atoms with Crippen molar-refractivity contribution in [2.24, 2.45) is 0 Å². The highest BCUT2D eigenvalue weighted by Crippen LogP contribution is 2.44. The molecule has 1 aromatic heterocycles. The second-order valence-electron chi connectivity index (χ2n) is 9.42. The minimum Gasteiger partial charge on any atom is -0.464 e. The highest BCUT2D eigenvalue weighted by molar-refractivity contribution is 5.86. The molecular formula is C32H32N2O4. The van der Waals surface area contributed by atoms with Crippen molar-refractivity contribution in [2.75, 3.05) is 13.2 Å². The molecule has 1 heterocycles. The molecule has 6 nitrogen and oxygen atoms in total. The Balaban J connectivity index is 1.28. The van der Waals surface area contributed by atoms with Gasteiger partial charge in [0.15, 0.2) is 0 Å². The number of aromatic amines is 1. The second-order valence-corrected chi connectivity index (χ2v) is 9.42. The first-order valence-electron chi connectivity index (χ1n) is 13.1. The van der Waals surface area contributed by atoms with Gasteiger partial charge in [0, 0.05) is 29.4 Å². The Morgan fingerprint density at radius 1 is 0.921 bits per heavy atom. The highest BCUT2D eigenvalue weighted by Gasteiger charge is 2.30. The summed E-state index contributed by atoms with van der Waals surface area (Å²) in [5, 5.41) is 3.78. The van der Waals surface area contributed by atoms with Gasteiger partial charge in [-0.05, 0) is 46.7 Å². The molecule has 0 unspecified atom stereocenters. The molecule has 0 radical (unpaired) electrons. The maximum atomic E-state index is 13.0. The number of amides is 1. The van der Waals surface area contributed by atoms with E-state index in [0.717, 1.165) is 45.1 Å². The van der Waals surface area contributed by atoms with Gasteiger partial charge in [0.2, 0.25) is 0 Å². The summed E-state index contributed by atoms with van der Waals surface area (Å²) in [7, 11) is 0. The van der Waals surface area contributed by atoms with Crippen LogP contribution in [0, 0.1) is 0 Å². The van der Waals surface area contributed by atoms with E-state index in [1.54, 1.807) is 0 Å². The molecular weight excluding hydrogens is 476 g/mol. The number of carbonyl (C=O) groups is 2. The summed E-state index contributed by atoms with van der Waals surface area (Å²) in [5.74, 6) is -0.536. The Hall–Kier alpha value is -4.32. The molecule has 4 aromatic rings. The Labute approximate surface area is 222 Å². The van der Waals surface area contributed by atoms with E-state index >= 15 is 0 Å². The van der Waals surface area contributed by atoms with Crippen molar-refractivity contribution in [2.45, 2.75) is 38.1 Å². The summed E-state index contributed by atoms with van der Waals surface area (Å²) in [6, 6.07) is 23.4. The summed E-state index contributed by atoms with van der Waals surface area (Å²) in [4.78, 5) is 29.2. The van der Waals surface area contributed by atoms with Gasteiger partial charge in [-0.2, -0.15) is 0 Å². The van der Waals surface area contributed by atoms with Gasteiger partial charge in [-0.25, -0.2) is 9.59 Å². The lowest BCUT2D eigenvalue weighted by Crippen LogP contribution is -2.44. The molecule has 3 aromatic carbocycles. The van der Waals surface area contributed by atoms with Gasteiger partial charge in [-0.3, -0.25) is 0 Å². The van der Waals surface area contributed by atoms with Gasteiger partial charge < -0.3 is 19.8 Å². The summed E-state index contributed by atoms with van der Waals surface area (Å²) in [6.07, 6.45) is 7.10. The fourth-order valence-corrected chi connectivity index (χ4v) is 5.11. The first-order chi connectivity index (χ1) is 18.7. The summed E-state index contributed by atoms with van der Waals surface area (Å²) in [5.41, 5.74) is 6.49. The Kier molecular flexibility index (Phi) is 7.88. The standard InChI is InChI=1S/C32H32N2O4/c1-2-3-4-11-18-37-31(35)30(19-22-20-33-29-17-10-9-12-23(22)29)34-32(36)38-21-28-26-15-7-5-13-24(26)25-14-6-8-16-27(25)28/h3-10,12-17,20,28,30,33H,2,11,18-19,21H2,1H3,(H,34,36)/b4-3-/t30-/m0/s1. The number of esters is 1. The van der Waals surface area contributed by atoms with Crippen molar-refractivity contribution in [3.05, 3.63) is 108 Å². The minimum absolute atomic E-state index is 0.0579. The van der Waals surface area contributed by atoms with Gasteiger partial charge in [-0.1, -0.05) is 85.8 Å². The molecule has 5 rings (SSSR count). The molecule has 1 atom stereocenters. The lowest BCUT2D eigenvalue weighted by molar-refractivity contribution is -0.145. The predicted octanol–water partition coefficient (Wildman–Crippen LogP) is 6.52. The van der Waals surface area contributed by atoms with E-state index in [4.69, 9.17) is 9.47 Å². The van der Waals surface area contributed by atoms with Crippen LogP contribution >= 0.6 is 0 Å². The average molecular weight is 509 g/mol. The quantitative estimate of drug-likeness (QED) is 0.145. The SMILES string of the molecule is CC/C=C\CCOC(=O)[C@H](Cc1c[nH]c2ccccc12)NC(=O)OCC1c2ccccc2-c2ccccc21. The molecule has 0 fully saturated rings. The summed E-state index contributed by atoms with van der Waals surface area (Å²) >= 11 is 0. The Morgan fingerprint density at radius 3 is 2.34 bits per heavy atom. The number of allylic oxidation sites excluding steroid dienone is 1. The molecule has 0 spiro atoms. The number of fused-ring (bicyclic) bond motifs is 4. The fraction of sp³-hybridized carbons (Fsp3) is 0.250. The van der Waals surface area contributed by atoms with Crippen LogP contribution in [0.25, 0.3) is 22.0 Å². The highest BCUT2D eigenvalue weighted by atomic mass is 16.6. The number of H-pyrrole nitrogens is 1. The van der Waals surface area contributed by atoms with Crippen LogP contribution in [0.1, 0.15) is 42.4 Å². The Morgan fingerprint density at radius 2 is 1.61 bits per heavy atom. The van der Waals surface area contributed by atoms with Crippen LogP contribution in [0.2, 0.25) is 0 Å². The maximum Gasteiger partial charge on any atom is 0.407 e. The molecule has 0 aliphatic heterocycles. The second kappa shape index (κ2) is 11.8. The number of ether oxygens (including phenoxy) is 2. The number of aromatic nitrogens is 1. The number of hydrogen-bond acceptors (Lipinski definition) is 4. The topological polar surface area (TPSA) is 80.4 Å². The zero-order chi connectivity index (χ0) is 26.3. The zero-order valence-electron chi connectivity index (χ0n) is 21.5. The van der Waals surface area contributed by atoms with Gasteiger partial charge in [-0.15, -0.1) is 0 Å². The van der Waals surface area contributed by atoms with E-state index in [0.29, 0.717) is 6.42 Å². The van der Waals surface area contributed by atoms with Crippen LogP contribution < -0.4 is 5.32 Å². The molecule has 0 saturated carbocycles. The lowest BCUT2D eigenvalue weighted by atomic mass is 9.98. The number of nitrogens with one attached hydrogen (secondary N) is 2. The molecule has 38 heavy (non-hydrogen) atoms. The Bertz CT molecular complexity index is 1410. The van der Waals surface area contributed by atoms with E-state index in [1.165, 1.54) is 0 Å². The summed E-state index contributed by atoms with van der Waals surface area (Å²) in [6.45, 7) is 2.49. The number of hydrogen-bond donors (Lipinski definition) is 2. The van der Waals surface area contributed by atoms with Gasteiger partial charge in [0.05, 0.1) is 6.61 Å². The fourth-order valence-electron chi connectivity index (χ4n) is 5.11. The third kappa shape index (κ3) is 5.49. The molecule has 0 bridgehead atoms. The maximum absolute atomic E-state index is 13.0. The van der Waals surface area contributed by atoms with Crippen LogP contribution in [0.15, 0.2) is 91.1 Å². The minimum atomic E-state index is -0.875. The largest absolute Gasteiger partial charge is 0.464 e. The number of para-hydroxylation sites is 1. The van der Waals surface area contributed by atoms with E-state index < -0.39 is 18.1 Å². The first kappa shape index (κ1) is 25.3.